The van der Waals surface area contributed by atoms with Gasteiger partial charge in [-0.2, -0.15) is 0 Å². The summed E-state index contributed by atoms with van der Waals surface area (Å²) in [5.74, 6) is -1.58. The maximum atomic E-state index is 14.3. The Morgan fingerprint density at radius 1 is 0.929 bits per heavy atom. The lowest BCUT2D eigenvalue weighted by molar-refractivity contribution is -0.128. The van der Waals surface area contributed by atoms with Crippen molar-refractivity contribution in [3.63, 3.8) is 0 Å². The summed E-state index contributed by atoms with van der Waals surface area (Å²) >= 11 is 18.6. The maximum absolute atomic E-state index is 14.3. The summed E-state index contributed by atoms with van der Waals surface area (Å²) in [5.41, 5.74) is 4.98. The third-order valence-electron chi connectivity index (χ3n) is 8.38. The zero-order valence-corrected chi connectivity index (χ0v) is 25.2. The quantitative estimate of drug-likeness (QED) is 0.181. The second kappa shape index (κ2) is 12.5. The summed E-state index contributed by atoms with van der Waals surface area (Å²) < 4.78 is 33.1. The Balaban J connectivity index is 1.18. The highest BCUT2D eigenvalue weighted by Gasteiger charge is 2.42. The Morgan fingerprint density at radius 3 is 2.45 bits per heavy atom. The van der Waals surface area contributed by atoms with Gasteiger partial charge in [-0.1, -0.05) is 71.2 Å². The van der Waals surface area contributed by atoms with Gasteiger partial charge in [0.15, 0.2) is 11.6 Å². The van der Waals surface area contributed by atoms with Gasteiger partial charge in [0.1, 0.15) is 10.8 Å². The van der Waals surface area contributed by atoms with Gasteiger partial charge in [-0.05, 0) is 85.4 Å². The number of aryl methyl sites for hydroxylation is 1. The molecule has 0 spiro atoms. The van der Waals surface area contributed by atoms with Crippen molar-refractivity contribution in [2.24, 2.45) is 0 Å². The summed E-state index contributed by atoms with van der Waals surface area (Å²) in [5, 5.41) is 4.31. The topological polar surface area (TPSA) is 41.6 Å². The molecule has 2 heterocycles. The highest BCUT2D eigenvalue weighted by Crippen LogP contribution is 2.41. The van der Waals surface area contributed by atoms with E-state index in [1.165, 1.54) is 0 Å². The van der Waals surface area contributed by atoms with E-state index in [2.05, 4.69) is 29.6 Å². The maximum Gasteiger partial charge on any atom is 0.252 e. The van der Waals surface area contributed by atoms with E-state index in [1.54, 1.807) is 6.07 Å². The number of ether oxygens (including phenoxy) is 1. The minimum atomic E-state index is -0.712. The van der Waals surface area contributed by atoms with Crippen LogP contribution in [0.25, 0.3) is 5.57 Å². The molecule has 1 saturated heterocycles. The van der Waals surface area contributed by atoms with Gasteiger partial charge in [0, 0.05) is 30.2 Å². The van der Waals surface area contributed by atoms with Gasteiger partial charge in [0.25, 0.3) is 5.91 Å². The molecule has 2 bridgehead atoms. The molecule has 9 heteroatoms. The van der Waals surface area contributed by atoms with E-state index in [4.69, 9.17) is 39.5 Å². The van der Waals surface area contributed by atoms with Crippen molar-refractivity contribution >= 4 is 46.3 Å². The molecule has 0 aromatic heterocycles. The molecule has 1 saturated carbocycles. The van der Waals surface area contributed by atoms with Gasteiger partial charge in [-0.3, -0.25) is 4.79 Å². The van der Waals surface area contributed by atoms with Crippen LogP contribution in [-0.2, 0) is 17.8 Å². The molecule has 220 valence electrons. The van der Waals surface area contributed by atoms with E-state index in [-0.39, 0.29) is 35.4 Å². The minimum absolute atomic E-state index is 0.0363. The van der Waals surface area contributed by atoms with E-state index < -0.39 is 11.6 Å². The number of carbonyl (C=O) groups excluding carboxylic acids is 1. The van der Waals surface area contributed by atoms with Gasteiger partial charge >= 0.3 is 0 Å². The van der Waals surface area contributed by atoms with Crippen LogP contribution in [0.5, 0.6) is 5.75 Å². The van der Waals surface area contributed by atoms with Crippen LogP contribution < -0.4 is 10.1 Å². The van der Waals surface area contributed by atoms with Crippen LogP contribution in [0.3, 0.4) is 0 Å². The lowest BCUT2D eigenvalue weighted by atomic mass is 9.88. The van der Waals surface area contributed by atoms with Gasteiger partial charge in [0.2, 0.25) is 0 Å². The van der Waals surface area contributed by atoms with Crippen molar-refractivity contribution in [3.05, 3.63) is 104 Å². The summed E-state index contributed by atoms with van der Waals surface area (Å²) in [6, 6.07) is 16.5. The first-order valence-electron chi connectivity index (χ1n) is 14.4. The Kier molecular flexibility index (Phi) is 8.78. The van der Waals surface area contributed by atoms with Gasteiger partial charge in [0.05, 0.1) is 16.7 Å². The first-order chi connectivity index (χ1) is 20.3. The molecule has 3 aromatic carbocycles. The smallest absolute Gasteiger partial charge is 0.252 e. The molecule has 2 atom stereocenters. The molecule has 2 fully saturated rings. The molecule has 3 aromatic rings. The molecule has 0 radical (unpaired) electrons. The predicted octanol–water partition coefficient (Wildman–Crippen LogP) is 8.41. The van der Waals surface area contributed by atoms with Crippen LogP contribution >= 0.6 is 34.8 Å². The first-order valence-corrected chi connectivity index (χ1v) is 15.5. The third kappa shape index (κ3) is 6.19. The zero-order valence-electron chi connectivity index (χ0n) is 22.9. The number of benzene rings is 3. The van der Waals surface area contributed by atoms with Crippen LogP contribution in [0.4, 0.5) is 8.78 Å². The number of amides is 1. The average molecular weight is 632 g/mol. The monoisotopic (exact) mass is 630 g/mol. The highest BCUT2D eigenvalue weighted by atomic mass is 35.5. The Morgan fingerprint density at radius 2 is 1.69 bits per heavy atom. The number of rotatable bonds is 10. The molecule has 1 N–H and O–H groups in total. The number of fused-ring (bicyclic) bond motifs is 2. The first kappa shape index (κ1) is 29.4. The number of hydrogen-bond donors (Lipinski definition) is 1. The summed E-state index contributed by atoms with van der Waals surface area (Å²) in [6.07, 6.45) is 6.08. The predicted molar refractivity (Wildman–Crippen MR) is 163 cm³/mol. The van der Waals surface area contributed by atoms with Crippen LogP contribution in [0.1, 0.15) is 55.2 Å². The molecule has 4 nitrogen and oxygen atoms in total. The standard InChI is InChI=1S/C33H31Cl3F2N2O2/c34-25-5-1-4-21(30(25)35)18-40(23-11-12-23)33(41)29-24(17-22-10-15-28(29)39-22)20-8-6-19(7-9-20)3-2-16-42-32-27(38)14-13-26(37)31(32)36/h1,4-9,13-14,22-23,28,39H,2-3,10-12,15-18H2/t22-,28-/m1/s1. The normalized spacial score (nSPS) is 19.7. The molecule has 1 aliphatic carbocycles. The fourth-order valence-corrected chi connectivity index (χ4v) is 6.64. The van der Waals surface area contributed by atoms with E-state index in [1.807, 2.05) is 17.0 Å². The number of nitrogens with one attached hydrogen (secondary N) is 1. The lowest BCUT2D eigenvalue weighted by Crippen LogP contribution is -2.44. The van der Waals surface area contributed by atoms with Crippen LogP contribution in [0.2, 0.25) is 15.1 Å². The molecule has 1 amide bonds. The van der Waals surface area contributed by atoms with Crippen molar-refractivity contribution in [2.45, 2.75) is 69.6 Å². The fraction of sp³-hybridized carbons (Fsp3) is 0.364. The highest BCUT2D eigenvalue weighted by molar-refractivity contribution is 6.42. The second-order valence-electron chi connectivity index (χ2n) is 11.3. The Bertz CT molecular complexity index is 1520. The van der Waals surface area contributed by atoms with Crippen LogP contribution in [0, 0.1) is 11.6 Å². The van der Waals surface area contributed by atoms with Crippen LogP contribution in [-0.4, -0.2) is 35.5 Å². The molecule has 0 unspecified atom stereocenters. The zero-order chi connectivity index (χ0) is 29.4. The molecular formula is C33H31Cl3F2N2O2. The average Bonchev–Trinajstić information content (AvgIpc) is 3.77. The third-order valence-corrected chi connectivity index (χ3v) is 9.59. The van der Waals surface area contributed by atoms with E-state index in [0.717, 1.165) is 72.1 Å². The minimum Gasteiger partial charge on any atom is -0.489 e. The second-order valence-corrected chi connectivity index (χ2v) is 12.5. The largest absolute Gasteiger partial charge is 0.489 e. The summed E-state index contributed by atoms with van der Waals surface area (Å²) in [6.45, 7) is 0.635. The van der Waals surface area contributed by atoms with Crippen molar-refractivity contribution in [1.29, 1.82) is 0 Å². The van der Waals surface area contributed by atoms with Gasteiger partial charge in [-0.25, -0.2) is 8.78 Å². The number of halogens is 5. The summed E-state index contributed by atoms with van der Waals surface area (Å²) in [7, 11) is 0. The van der Waals surface area contributed by atoms with Gasteiger partial charge in [-0.15, -0.1) is 0 Å². The van der Waals surface area contributed by atoms with Crippen molar-refractivity contribution in [1.82, 2.24) is 10.2 Å². The number of carbonyl (C=O) groups is 1. The fourth-order valence-electron chi connectivity index (χ4n) is 6.05. The molecule has 3 aliphatic rings. The van der Waals surface area contributed by atoms with Crippen molar-refractivity contribution < 1.29 is 18.3 Å². The Hall–Kier alpha value is -2.64. The molecule has 6 rings (SSSR count). The van der Waals surface area contributed by atoms with E-state index in [0.29, 0.717) is 35.5 Å². The lowest BCUT2D eigenvalue weighted by Gasteiger charge is -2.32. The van der Waals surface area contributed by atoms with Crippen LogP contribution in [0.15, 0.2) is 60.2 Å². The molecule has 42 heavy (non-hydrogen) atoms. The SMILES string of the molecule is O=C(C1=C(c2ccc(CCCOc3c(F)ccc(F)c3Cl)cc2)C[C@H]2CC[C@H]1N2)N(Cc1cccc(Cl)c1Cl)C1CC1. The number of hydrogen-bond acceptors (Lipinski definition) is 3. The molecular weight excluding hydrogens is 601 g/mol. The Labute approximate surface area is 259 Å². The summed E-state index contributed by atoms with van der Waals surface area (Å²) in [4.78, 5) is 16.2. The van der Waals surface area contributed by atoms with Crippen molar-refractivity contribution in [2.75, 3.05) is 6.61 Å². The number of nitrogens with zero attached hydrogens (tertiary/aromatic N) is 1. The van der Waals surface area contributed by atoms with E-state index in [9.17, 15) is 13.6 Å². The van der Waals surface area contributed by atoms with Gasteiger partial charge < -0.3 is 15.0 Å². The molecule has 2 aliphatic heterocycles. The van der Waals surface area contributed by atoms with E-state index >= 15 is 0 Å². The van der Waals surface area contributed by atoms with Crippen molar-refractivity contribution in [3.8, 4) is 5.75 Å².